The summed E-state index contributed by atoms with van der Waals surface area (Å²) in [5, 5.41) is 0. The Morgan fingerprint density at radius 1 is 1.37 bits per heavy atom. The maximum atomic E-state index is 12.8. The fraction of sp³-hybridized carbons (Fsp3) is 0.533. The average Bonchev–Trinajstić information content (AvgIpc) is 2.84. The zero-order chi connectivity index (χ0) is 13.5. The Hall–Kier alpha value is -1.71. The van der Waals surface area contributed by atoms with Crippen molar-refractivity contribution >= 4 is 17.3 Å². The van der Waals surface area contributed by atoms with E-state index in [4.69, 9.17) is 10.5 Å². The summed E-state index contributed by atoms with van der Waals surface area (Å²) in [7, 11) is 0. The van der Waals surface area contributed by atoms with Crippen LogP contribution in [0.5, 0.6) is 5.75 Å². The van der Waals surface area contributed by atoms with E-state index >= 15 is 0 Å². The molecule has 0 radical (unpaired) electrons. The van der Waals surface area contributed by atoms with Crippen molar-refractivity contribution in [1.82, 2.24) is 0 Å². The van der Waals surface area contributed by atoms with Crippen LogP contribution in [0.1, 0.15) is 39.0 Å². The van der Waals surface area contributed by atoms with Crippen LogP contribution >= 0.6 is 0 Å². The molecule has 19 heavy (non-hydrogen) atoms. The predicted octanol–water partition coefficient (Wildman–Crippen LogP) is 2.72. The zero-order valence-corrected chi connectivity index (χ0v) is 11.3. The molecule has 1 saturated carbocycles. The molecule has 1 fully saturated rings. The summed E-state index contributed by atoms with van der Waals surface area (Å²) in [6.07, 6.45) is 4.69. The van der Waals surface area contributed by atoms with E-state index in [0.29, 0.717) is 5.69 Å². The molecule has 0 unspecified atom stereocenters. The fourth-order valence-corrected chi connectivity index (χ4v) is 3.15. The Balaban J connectivity index is 2.07. The molecule has 4 nitrogen and oxygen atoms in total. The number of amides is 1. The van der Waals surface area contributed by atoms with E-state index in [1.165, 1.54) is 0 Å². The van der Waals surface area contributed by atoms with Gasteiger partial charge in [0.1, 0.15) is 5.75 Å². The molecule has 0 aromatic heterocycles. The van der Waals surface area contributed by atoms with E-state index in [0.717, 1.165) is 50.1 Å². The van der Waals surface area contributed by atoms with Crippen molar-refractivity contribution in [2.45, 2.75) is 44.6 Å². The molecule has 2 N–H and O–H groups in total. The van der Waals surface area contributed by atoms with Crippen molar-refractivity contribution in [1.29, 1.82) is 0 Å². The molecular weight excluding hydrogens is 240 g/mol. The lowest BCUT2D eigenvalue weighted by Crippen LogP contribution is -2.54. The summed E-state index contributed by atoms with van der Waals surface area (Å²) < 4.78 is 6.08. The summed E-state index contributed by atoms with van der Waals surface area (Å²) in [6.45, 7) is 2.82. The van der Waals surface area contributed by atoms with Crippen molar-refractivity contribution in [3.63, 3.8) is 0 Å². The Bertz CT molecular complexity index is 507. The van der Waals surface area contributed by atoms with Crippen LogP contribution in [0.2, 0.25) is 0 Å². The highest BCUT2D eigenvalue weighted by Crippen LogP contribution is 2.45. The lowest BCUT2D eigenvalue weighted by atomic mass is 9.96. The van der Waals surface area contributed by atoms with Gasteiger partial charge in [-0.05, 0) is 44.2 Å². The number of hydrogen-bond acceptors (Lipinski definition) is 3. The quantitative estimate of drug-likeness (QED) is 0.832. The average molecular weight is 260 g/mol. The largest absolute Gasteiger partial charge is 0.475 e. The van der Waals surface area contributed by atoms with Gasteiger partial charge in [-0.1, -0.05) is 6.92 Å². The van der Waals surface area contributed by atoms with Crippen LogP contribution in [-0.4, -0.2) is 18.1 Å². The highest BCUT2D eigenvalue weighted by molar-refractivity contribution is 6.03. The summed E-state index contributed by atoms with van der Waals surface area (Å²) in [5.41, 5.74) is 6.75. The first-order chi connectivity index (χ1) is 9.16. The molecule has 1 amide bonds. The number of benzene rings is 1. The second-order valence-corrected chi connectivity index (χ2v) is 5.49. The fourth-order valence-electron chi connectivity index (χ4n) is 3.15. The minimum atomic E-state index is -0.629. The van der Waals surface area contributed by atoms with E-state index in [1.807, 2.05) is 23.1 Å². The maximum Gasteiger partial charge on any atom is 0.271 e. The van der Waals surface area contributed by atoms with Gasteiger partial charge in [-0.2, -0.15) is 0 Å². The van der Waals surface area contributed by atoms with Gasteiger partial charge in [-0.15, -0.1) is 0 Å². The third kappa shape index (κ3) is 1.86. The van der Waals surface area contributed by atoms with Gasteiger partial charge in [0.05, 0.1) is 5.69 Å². The van der Waals surface area contributed by atoms with Crippen LogP contribution in [-0.2, 0) is 4.79 Å². The van der Waals surface area contributed by atoms with E-state index < -0.39 is 5.60 Å². The Kier molecular flexibility index (Phi) is 2.88. The molecule has 1 aliphatic heterocycles. The van der Waals surface area contributed by atoms with Crippen molar-refractivity contribution in [3.05, 3.63) is 18.2 Å². The molecule has 1 spiro atoms. The topological polar surface area (TPSA) is 55.6 Å². The number of nitrogens with zero attached hydrogens (tertiary/aromatic N) is 1. The molecule has 1 aromatic rings. The van der Waals surface area contributed by atoms with Crippen LogP contribution in [0, 0.1) is 0 Å². The van der Waals surface area contributed by atoms with Gasteiger partial charge < -0.3 is 15.4 Å². The third-order valence-electron chi connectivity index (χ3n) is 4.07. The molecule has 0 atom stereocenters. The third-order valence-corrected chi connectivity index (χ3v) is 4.07. The number of carbonyl (C=O) groups is 1. The number of hydrogen-bond donors (Lipinski definition) is 1. The zero-order valence-electron chi connectivity index (χ0n) is 11.3. The first-order valence-electron chi connectivity index (χ1n) is 7.07. The highest BCUT2D eigenvalue weighted by Gasteiger charge is 2.49. The lowest BCUT2D eigenvalue weighted by Gasteiger charge is -2.40. The second-order valence-electron chi connectivity index (χ2n) is 5.49. The number of nitrogen functional groups attached to an aromatic ring is 1. The van der Waals surface area contributed by atoms with Crippen molar-refractivity contribution in [3.8, 4) is 5.75 Å². The molecule has 0 saturated heterocycles. The lowest BCUT2D eigenvalue weighted by molar-refractivity contribution is -0.135. The minimum Gasteiger partial charge on any atom is -0.475 e. The number of ether oxygens (including phenoxy) is 1. The number of fused-ring (bicyclic) bond motifs is 1. The molecule has 4 heteroatoms. The molecule has 3 rings (SSSR count). The number of rotatable bonds is 2. The van der Waals surface area contributed by atoms with Crippen LogP contribution in [0.25, 0.3) is 0 Å². The van der Waals surface area contributed by atoms with E-state index in [-0.39, 0.29) is 5.91 Å². The standard InChI is InChI=1S/C15H20N2O2/c1-2-9-17-12-6-5-11(16)10-13(12)19-15(14(17)18)7-3-4-8-15/h5-6,10H,2-4,7-9,16H2,1H3. The summed E-state index contributed by atoms with van der Waals surface area (Å²) in [6, 6.07) is 5.55. The van der Waals surface area contributed by atoms with Crippen molar-refractivity contribution < 1.29 is 9.53 Å². The predicted molar refractivity (Wildman–Crippen MR) is 75.3 cm³/mol. The normalized spacial score (nSPS) is 20.5. The van der Waals surface area contributed by atoms with Crippen LogP contribution in [0.4, 0.5) is 11.4 Å². The van der Waals surface area contributed by atoms with Gasteiger partial charge in [-0.3, -0.25) is 4.79 Å². The van der Waals surface area contributed by atoms with Crippen molar-refractivity contribution in [2.75, 3.05) is 17.2 Å². The first-order valence-corrected chi connectivity index (χ1v) is 7.07. The first kappa shape index (κ1) is 12.3. The van der Waals surface area contributed by atoms with Crippen molar-refractivity contribution in [2.24, 2.45) is 0 Å². The summed E-state index contributed by atoms with van der Waals surface area (Å²) in [5.74, 6) is 0.888. The summed E-state index contributed by atoms with van der Waals surface area (Å²) in [4.78, 5) is 14.6. The summed E-state index contributed by atoms with van der Waals surface area (Å²) >= 11 is 0. The smallest absolute Gasteiger partial charge is 0.271 e. The highest BCUT2D eigenvalue weighted by atomic mass is 16.5. The van der Waals surface area contributed by atoms with Crippen LogP contribution in [0.3, 0.4) is 0 Å². The number of anilines is 2. The monoisotopic (exact) mass is 260 g/mol. The maximum absolute atomic E-state index is 12.8. The van der Waals surface area contributed by atoms with Gasteiger partial charge in [0.2, 0.25) is 0 Å². The molecule has 1 aliphatic carbocycles. The van der Waals surface area contributed by atoms with Gasteiger partial charge in [-0.25, -0.2) is 0 Å². The van der Waals surface area contributed by atoms with Crippen LogP contribution in [0.15, 0.2) is 18.2 Å². The Morgan fingerprint density at radius 2 is 2.11 bits per heavy atom. The molecular formula is C15H20N2O2. The van der Waals surface area contributed by atoms with Gasteiger partial charge in [0.15, 0.2) is 5.60 Å². The number of carbonyl (C=O) groups excluding carboxylic acids is 1. The van der Waals surface area contributed by atoms with E-state index in [1.54, 1.807) is 0 Å². The second kappa shape index (κ2) is 4.44. The molecule has 1 aromatic carbocycles. The number of nitrogens with two attached hydrogens (primary N) is 1. The SMILES string of the molecule is CCCN1C(=O)C2(CCCC2)Oc2cc(N)ccc21. The Labute approximate surface area is 113 Å². The molecule has 2 aliphatic rings. The van der Waals surface area contributed by atoms with Gasteiger partial charge in [0.25, 0.3) is 5.91 Å². The molecule has 0 bridgehead atoms. The van der Waals surface area contributed by atoms with Gasteiger partial charge in [0, 0.05) is 18.3 Å². The van der Waals surface area contributed by atoms with Crippen LogP contribution < -0.4 is 15.4 Å². The van der Waals surface area contributed by atoms with E-state index in [2.05, 4.69) is 6.92 Å². The minimum absolute atomic E-state index is 0.129. The Morgan fingerprint density at radius 3 is 2.79 bits per heavy atom. The molecule has 1 heterocycles. The molecule has 102 valence electrons. The van der Waals surface area contributed by atoms with Gasteiger partial charge >= 0.3 is 0 Å². The van der Waals surface area contributed by atoms with E-state index in [9.17, 15) is 4.79 Å².